The number of hydrogen-bond donors (Lipinski definition) is 1. The largest absolute Gasteiger partial charge is 0.477 e. The minimum Gasteiger partial charge on any atom is -0.477 e. The summed E-state index contributed by atoms with van der Waals surface area (Å²) in [6, 6.07) is 3.27. The van der Waals surface area contributed by atoms with Gasteiger partial charge in [0.25, 0.3) is 0 Å². The van der Waals surface area contributed by atoms with Gasteiger partial charge in [0.15, 0.2) is 0 Å². The van der Waals surface area contributed by atoms with Crippen molar-refractivity contribution >= 4 is 17.7 Å². The molecule has 0 spiro atoms. The molecule has 88 valence electrons. The average molecular weight is 251 g/mol. The second kappa shape index (κ2) is 4.96. The number of pyridine rings is 1. The first kappa shape index (κ1) is 11.6. The average Bonchev–Trinajstić information content (AvgIpc) is 2.72. The molecule has 0 fully saturated rings. The van der Waals surface area contributed by atoms with E-state index in [1.165, 1.54) is 24.0 Å². The molecule has 2 heterocycles. The van der Waals surface area contributed by atoms with Crippen molar-refractivity contribution in [2.45, 2.75) is 17.6 Å². The molecule has 0 aliphatic carbocycles. The molecule has 6 nitrogen and oxygen atoms in total. The smallest absolute Gasteiger partial charge is 0.354 e. The zero-order valence-electron chi connectivity index (χ0n) is 8.95. The number of carboxylic acids is 1. The third kappa shape index (κ3) is 2.82. The van der Waals surface area contributed by atoms with Crippen LogP contribution in [-0.2, 0) is 5.75 Å². The molecule has 0 amide bonds. The number of carboxylic acid groups (broad SMARTS) is 1. The number of rotatable bonds is 4. The first-order valence-electron chi connectivity index (χ1n) is 4.77. The van der Waals surface area contributed by atoms with E-state index in [1.54, 1.807) is 6.07 Å². The van der Waals surface area contributed by atoms with Gasteiger partial charge in [0.2, 0.25) is 0 Å². The Balaban J connectivity index is 2.07. The fourth-order valence-electron chi connectivity index (χ4n) is 1.15. The Labute approximate surface area is 101 Å². The zero-order chi connectivity index (χ0) is 12.3. The van der Waals surface area contributed by atoms with Gasteiger partial charge in [-0.2, -0.15) is 0 Å². The maximum absolute atomic E-state index is 10.7. The van der Waals surface area contributed by atoms with Gasteiger partial charge in [0.1, 0.15) is 17.1 Å². The Kier molecular flexibility index (Phi) is 3.38. The lowest BCUT2D eigenvalue weighted by molar-refractivity contribution is 0.0690. The maximum atomic E-state index is 10.7. The van der Waals surface area contributed by atoms with Crippen molar-refractivity contribution in [1.82, 2.24) is 15.3 Å². The molecule has 2 rings (SSSR count). The molecule has 0 aromatic carbocycles. The minimum atomic E-state index is -1.04. The van der Waals surface area contributed by atoms with Gasteiger partial charge in [-0.3, -0.25) is 0 Å². The van der Waals surface area contributed by atoms with E-state index in [2.05, 4.69) is 19.9 Å². The quantitative estimate of drug-likeness (QED) is 0.828. The summed E-state index contributed by atoms with van der Waals surface area (Å²) < 4.78 is 4.58. The standard InChI is InChI=1S/C10H9N3O3S/c1-6-9(13-16-12-6)5-17-7-2-3-11-8(4-7)10(14)15/h2-4H,5H2,1H3,(H,14,15). The van der Waals surface area contributed by atoms with Gasteiger partial charge >= 0.3 is 5.97 Å². The van der Waals surface area contributed by atoms with Crippen LogP contribution in [0.4, 0.5) is 0 Å². The highest BCUT2D eigenvalue weighted by Gasteiger charge is 2.08. The predicted molar refractivity (Wildman–Crippen MR) is 59.8 cm³/mol. The molecular weight excluding hydrogens is 242 g/mol. The first-order valence-corrected chi connectivity index (χ1v) is 5.75. The fraction of sp³-hybridized carbons (Fsp3) is 0.200. The first-order chi connectivity index (χ1) is 8.16. The van der Waals surface area contributed by atoms with Crippen molar-refractivity contribution in [3.63, 3.8) is 0 Å². The zero-order valence-corrected chi connectivity index (χ0v) is 9.77. The monoisotopic (exact) mass is 251 g/mol. The van der Waals surface area contributed by atoms with Gasteiger partial charge in [-0.1, -0.05) is 10.3 Å². The molecule has 0 aliphatic heterocycles. The van der Waals surface area contributed by atoms with E-state index in [0.717, 1.165) is 16.3 Å². The highest BCUT2D eigenvalue weighted by Crippen LogP contribution is 2.22. The number of aromatic carboxylic acids is 1. The van der Waals surface area contributed by atoms with E-state index in [9.17, 15) is 4.79 Å². The topological polar surface area (TPSA) is 89.1 Å². The van der Waals surface area contributed by atoms with E-state index in [0.29, 0.717) is 5.75 Å². The van der Waals surface area contributed by atoms with E-state index < -0.39 is 5.97 Å². The van der Waals surface area contributed by atoms with Gasteiger partial charge in [0.05, 0.1) is 0 Å². The summed E-state index contributed by atoms with van der Waals surface area (Å²) >= 11 is 1.46. The van der Waals surface area contributed by atoms with Crippen LogP contribution in [0.3, 0.4) is 0 Å². The lowest BCUT2D eigenvalue weighted by Crippen LogP contribution is -1.99. The highest BCUT2D eigenvalue weighted by atomic mass is 32.2. The molecule has 0 unspecified atom stereocenters. The van der Waals surface area contributed by atoms with Gasteiger partial charge in [-0.25, -0.2) is 14.4 Å². The number of aryl methyl sites for hydroxylation is 1. The van der Waals surface area contributed by atoms with E-state index in [4.69, 9.17) is 5.11 Å². The van der Waals surface area contributed by atoms with Gasteiger partial charge in [-0.05, 0) is 19.1 Å². The third-order valence-electron chi connectivity index (χ3n) is 2.07. The summed E-state index contributed by atoms with van der Waals surface area (Å²) in [7, 11) is 0. The van der Waals surface area contributed by atoms with Gasteiger partial charge in [0, 0.05) is 16.8 Å². The SMILES string of the molecule is Cc1nonc1CSc1ccnc(C(=O)O)c1. The van der Waals surface area contributed by atoms with Crippen molar-refractivity contribution in [3.8, 4) is 0 Å². The molecule has 2 aromatic heterocycles. The molecular formula is C10H9N3O3S. The van der Waals surface area contributed by atoms with E-state index in [-0.39, 0.29) is 5.69 Å². The van der Waals surface area contributed by atoms with Crippen molar-refractivity contribution in [1.29, 1.82) is 0 Å². The van der Waals surface area contributed by atoms with Crippen LogP contribution in [0, 0.1) is 6.92 Å². The van der Waals surface area contributed by atoms with Crippen LogP contribution in [0.15, 0.2) is 27.9 Å². The Morgan fingerprint density at radius 1 is 1.53 bits per heavy atom. The van der Waals surface area contributed by atoms with Crippen molar-refractivity contribution in [3.05, 3.63) is 35.4 Å². The molecule has 1 N–H and O–H groups in total. The minimum absolute atomic E-state index is 0.0324. The number of thioether (sulfide) groups is 1. The van der Waals surface area contributed by atoms with Crippen LogP contribution in [0.5, 0.6) is 0 Å². The number of carbonyl (C=O) groups is 1. The van der Waals surface area contributed by atoms with Crippen molar-refractivity contribution in [2.24, 2.45) is 0 Å². The lowest BCUT2D eigenvalue weighted by atomic mass is 10.3. The number of hydrogen-bond acceptors (Lipinski definition) is 6. The molecule has 17 heavy (non-hydrogen) atoms. The van der Waals surface area contributed by atoms with Gasteiger partial charge in [-0.15, -0.1) is 11.8 Å². The summed E-state index contributed by atoms with van der Waals surface area (Å²) in [5, 5.41) is 16.2. The molecule has 2 aromatic rings. The lowest BCUT2D eigenvalue weighted by Gasteiger charge is -2.00. The molecule has 0 radical (unpaired) electrons. The van der Waals surface area contributed by atoms with Crippen molar-refractivity contribution in [2.75, 3.05) is 0 Å². The van der Waals surface area contributed by atoms with Crippen LogP contribution >= 0.6 is 11.8 Å². The number of aromatic nitrogens is 3. The normalized spacial score (nSPS) is 10.4. The molecule has 0 saturated carbocycles. The maximum Gasteiger partial charge on any atom is 0.354 e. The van der Waals surface area contributed by atoms with E-state index >= 15 is 0 Å². The predicted octanol–water partition coefficient (Wildman–Crippen LogP) is 1.76. The van der Waals surface area contributed by atoms with Crippen LogP contribution < -0.4 is 0 Å². The molecule has 0 saturated heterocycles. The fourth-order valence-corrected chi connectivity index (χ4v) is 2.07. The third-order valence-corrected chi connectivity index (χ3v) is 3.08. The Bertz CT molecular complexity index is 541. The summed E-state index contributed by atoms with van der Waals surface area (Å²) in [6.07, 6.45) is 1.47. The number of nitrogens with zero attached hydrogens (tertiary/aromatic N) is 3. The van der Waals surface area contributed by atoms with Crippen molar-refractivity contribution < 1.29 is 14.5 Å². The Hall–Kier alpha value is -1.89. The molecule has 7 heteroatoms. The summed E-state index contributed by atoms with van der Waals surface area (Å²) in [6.45, 7) is 1.81. The van der Waals surface area contributed by atoms with Gasteiger partial charge < -0.3 is 5.11 Å². The summed E-state index contributed by atoms with van der Waals surface area (Å²) in [5.74, 6) is -0.454. The second-order valence-corrected chi connectivity index (χ2v) is 4.32. The van der Waals surface area contributed by atoms with Crippen LogP contribution in [0.2, 0.25) is 0 Å². The van der Waals surface area contributed by atoms with Crippen LogP contribution in [-0.4, -0.2) is 26.4 Å². The van der Waals surface area contributed by atoms with E-state index in [1.807, 2.05) is 6.92 Å². The molecule has 0 aliphatic rings. The van der Waals surface area contributed by atoms with Crippen LogP contribution in [0.25, 0.3) is 0 Å². The highest BCUT2D eigenvalue weighted by molar-refractivity contribution is 7.98. The summed E-state index contributed by atoms with van der Waals surface area (Å²) in [4.78, 5) is 15.3. The summed E-state index contributed by atoms with van der Waals surface area (Å²) in [5.41, 5.74) is 1.53. The van der Waals surface area contributed by atoms with Crippen LogP contribution in [0.1, 0.15) is 21.9 Å². The molecule has 0 bridgehead atoms. The second-order valence-electron chi connectivity index (χ2n) is 3.27. The Morgan fingerprint density at radius 3 is 3.00 bits per heavy atom. The molecule has 0 atom stereocenters. The Morgan fingerprint density at radius 2 is 2.35 bits per heavy atom.